The molecule has 108 valence electrons. The van der Waals surface area contributed by atoms with E-state index in [2.05, 4.69) is 0 Å². The molecule has 1 amide bonds. The molecule has 6 heteroatoms. The molecule has 1 aliphatic rings. The van der Waals surface area contributed by atoms with Crippen molar-refractivity contribution in [2.24, 2.45) is 0 Å². The van der Waals surface area contributed by atoms with Crippen LogP contribution in [0.2, 0.25) is 0 Å². The number of amides is 1. The molecule has 3 nitrogen and oxygen atoms in total. The van der Waals surface area contributed by atoms with Crippen LogP contribution in [0.3, 0.4) is 0 Å². The normalized spacial score (nSPS) is 17.2. The van der Waals surface area contributed by atoms with Gasteiger partial charge in [0.25, 0.3) is 0 Å². The molecule has 0 unspecified atom stereocenters. The first-order valence-corrected chi connectivity index (χ1v) is 6.32. The van der Waals surface area contributed by atoms with Crippen LogP contribution >= 0.6 is 0 Å². The van der Waals surface area contributed by atoms with E-state index in [4.69, 9.17) is 0 Å². The third-order valence-corrected chi connectivity index (χ3v) is 3.24. The fourth-order valence-corrected chi connectivity index (χ4v) is 2.15. The summed E-state index contributed by atoms with van der Waals surface area (Å²) in [5.74, 6) is -0.336. The van der Waals surface area contributed by atoms with Crippen LogP contribution in [0.15, 0.2) is 24.3 Å². The summed E-state index contributed by atoms with van der Waals surface area (Å²) in [5.41, 5.74) is -0.0840. The summed E-state index contributed by atoms with van der Waals surface area (Å²) in [6, 6.07) is 4.73. The van der Waals surface area contributed by atoms with E-state index in [1.165, 1.54) is 17.0 Å². The van der Waals surface area contributed by atoms with Crippen LogP contribution < -0.4 is 0 Å². The number of rotatable bonds is 2. The molecule has 1 heterocycles. The Kier molecular flexibility index (Phi) is 4.11. The van der Waals surface area contributed by atoms with Crippen LogP contribution in [-0.4, -0.2) is 23.1 Å². The molecule has 1 aromatic carbocycles. The fourth-order valence-electron chi connectivity index (χ4n) is 2.15. The number of nitrogens with zero attached hydrogens (tertiary/aromatic N) is 1. The third kappa shape index (κ3) is 3.59. The highest BCUT2D eigenvalue weighted by molar-refractivity contribution is 5.98. The molecular weight excluding hydrogens is 271 g/mol. The molecule has 0 radical (unpaired) electrons. The zero-order chi connectivity index (χ0) is 14.8. The van der Waals surface area contributed by atoms with Gasteiger partial charge in [-0.2, -0.15) is 13.2 Å². The van der Waals surface area contributed by atoms with Crippen molar-refractivity contribution in [3.05, 3.63) is 35.4 Å². The zero-order valence-corrected chi connectivity index (χ0v) is 10.7. The smallest absolute Gasteiger partial charge is 0.338 e. The number of likely N-dealkylation sites (tertiary alicyclic amines) is 1. The summed E-state index contributed by atoms with van der Waals surface area (Å²) in [6.07, 6.45) is -3.48. The summed E-state index contributed by atoms with van der Waals surface area (Å²) >= 11 is 0. The van der Waals surface area contributed by atoms with Crippen molar-refractivity contribution in [2.75, 3.05) is 6.54 Å². The lowest BCUT2D eigenvalue weighted by Gasteiger charge is -2.20. The van der Waals surface area contributed by atoms with E-state index in [9.17, 15) is 22.8 Å². The highest BCUT2D eigenvalue weighted by atomic mass is 19.4. The second kappa shape index (κ2) is 5.64. The summed E-state index contributed by atoms with van der Waals surface area (Å²) in [4.78, 5) is 24.6. The maximum Gasteiger partial charge on any atom is 0.416 e. The number of Topliss-reactive ketones (excluding diaryl/α,β-unsaturated/α-hetero) is 1. The SMILES string of the molecule is O=C1CCCN(Cc2ccc(C(F)(F)F)cc2)C(=O)C1. The lowest BCUT2D eigenvalue weighted by Crippen LogP contribution is -2.30. The van der Waals surface area contributed by atoms with E-state index >= 15 is 0 Å². The Bertz CT molecular complexity index is 508. The van der Waals surface area contributed by atoms with Crippen LogP contribution in [0.25, 0.3) is 0 Å². The number of carbonyl (C=O) groups excluding carboxylic acids is 2. The van der Waals surface area contributed by atoms with Gasteiger partial charge in [0.2, 0.25) is 5.91 Å². The first kappa shape index (κ1) is 14.6. The average molecular weight is 285 g/mol. The van der Waals surface area contributed by atoms with Crippen molar-refractivity contribution in [1.82, 2.24) is 4.90 Å². The average Bonchev–Trinajstić information content (AvgIpc) is 2.51. The van der Waals surface area contributed by atoms with Crippen LogP contribution in [0, 0.1) is 0 Å². The van der Waals surface area contributed by atoms with E-state index in [1.54, 1.807) is 0 Å². The Morgan fingerprint density at radius 3 is 2.35 bits per heavy atom. The molecule has 0 aliphatic carbocycles. The van der Waals surface area contributed by atoms with Gasteiger partial charge in [-0.25, -0.2) is 0 Å². The van der Waals surface area contributed by atoms with Gasteiger partial charge in [0.1, 0.15) is 5.78 Å². The van der Waals surface area contributed by atoms with Gasteiger partial charge in [-0.3, -0.25) is 9.59 Å². The number of hydrogen-bond acceptors (Lipinski definition) is 2. The molecule has 1 aromatic rings. The van der Waals surface area contributed by atoms with Crippen molar-refractivity contribution in [1.29, 1.82) is 0 Å². The molecule has 0 spiro atoms. The van der Waals surface area contributed by atoms with Crippen LogP contribution in [-0.2, 0) is 22.3 Å². The maximum atomic E-state index is 12.4. The number of alkyl halides is 3. The predicted molar refractivity (Wildman–Crippen MR) is 65.7 cm³/mol. The molecule has 20 heavy (non-hydrogen) atoms. The third-order valence-electron chi connectivity index (χ3n) is 3.24. The molecule has 0 saturated carbocycles. The maximum absolute atomic E-state index is 12.4. The molecule has 0 bridgehead atoms. The molecule has 2 rings (SSSR count). The minimum absolute atomic E-state index is 0.0788. The van der Waals surface area contributed by atoms with Gasteiger partial charge in [-0.15, -0.1) is 0 Å². The first-order valence-electron chi connectivity index (χ1n) is 6.32. The number of ketones is 1. The molecular formula is C14H14F3NO2. The predicted octanol–water partition coefficient (Wildman–Crippen LogP) is 2.79. The van der Waals surface area contributed by atoms with E-state index < -0.39 is 11.7 Å². The lowest BCUT2D eigenvalue weighted by molar-refractivity contribution is -0.138. The second-order valence-electron chi connectivity index (χ2n) is 4.83. The summed E-state index contributed by atoms with van der Waals surface area (Å²) < 4.78 is 37.3. The van der Waals surface area contributed by atoms with Gasteiger partial charge in [-0.05, 0) is 24.1 Å². The first-order chi connectivity index (χ1) is 9.36. The standard InChI is InChI=1S/C14H14F3NO2/c15-14(16,17)11-5-3-10(4-6-11)9-18-7-1-2-12(19)8-13(18)20/h3-6H,1-2,7-9H2. The minimum Gasteiger partial charge on any atom is -0.338 e. The van der Waals surface area contributed by atoms with Gasteiger partial charge in [0.05, 0.1) is 12.0 Å². The Morgan fingerprint density at radius 1 is 1.10 bits per heavy atom. The highest BCUT2D eigenvalue weighted by Gasteiger charge is 2.30. The number of hydrogen-bond donors (Lipinski definition) is 0. The summed E-state index contributed by atoms with van der Waals surface area (Å²) in [5, 5.41) is 0. The van der Waals surface area contributed by atoms with Crippen LogP contribution in [0.1, 0.15) is 30.4 Å². The van der Waals surface area contributed by atoms with Crippen LogP contribution in [0.4, 0.5) is 13.2 Å². The largest absolute Gasteiger partial charge is 0.416 e. The van der Waals surface area contributed by atoms with Gasteiger partial charge >= 0.3 is 6.18 Å². The number of carbonyl (C=O) groups is 2. The van der Waals surface area contributed by atoms with E-state index in [-0.39, 0.29) is 24.7 Å². The Balaban J connectivity index is 2.06. The topological polar surface area (TPSA) is 37.4 Å². The summed E-state index contributed by atoms with van der Waals surface area (Å²) in [6.45, 7) is 0.704. The zero-order valence-electron chi connectivity index (χ0n) is 10.7. The highest BCUT2D eigenvalue weighted by Crippen LogP contribution is 2.29. The number of benzene rings is 1. The quantitative estimate of drug-likeness (QED) is 0.784. The fraction of sp³-hybridized carbons (Fsp3) is 0.429. The van der Waals surface area contributed by atoms with E-state index in [1.807, 2.05) is 0 Å². The van der Waals surface area contributed by atoms with Gasteiger partial charge in [0.15, 0.2) is 0 Å². The second-order valence-corrected chi connectivity index (χ2v) is 4.83. The van der Waals surface area contributed by atoms with Crippen molar-refractivity contribution in [3.63, 3.8) is 0 Å². The van der Waals surface area contributed by atoms with E-state index in [0.717, 1.165) is 12.1 Å². The Labute approximate surface area is 114 Å². The molecule has 0 N–H and O–H groups in total. The van der Waals surface area contributed by atoms with Crippen molar-refractivity contribution in [2.45, 2.75) is 32.0 Å². The van der Waals surface area contributed by atoms with Crippen molar-refractivity contribution < 1.29 is 22.8 Å². The van der Waals surface area contributed by atoms with Gasteiger partial charge < -0.3 is 4.90 Å². The van der Waals surface area contributed by atoms with Gasteiger partial charge in [-0.1, -0.05) is 12.1 Å². The molecule has 0 atom stereocenters. The van der Waals surface area contributed by atoms with Crippen molar-refractivity contribution in [3.8, 4) is 0 Å². The minimum atomic E-state index is -4.36. The molecule has 1 fully saturated rings. The molecule has 1 saturated heterocycles. The molecule has 1 aliphatic heterocycles. The van der Waals surface area contributed by atoms with E-state index in [0.29, 0.717) is 24.9 Å². The van der Waals surface area contributed by atoms with Crippen molar-refractivity contribution >= 4 is 11.7 Å². The Morgan fingerprint density at radius 2 is 1.75 bits per heavy atom. The summed E-state index contributed by atoms with van der Waals surface area (Å²) in [7, 11) is 0. The number of halogens is 3. The Hall–Kier alpha value is -1.85. The monoisotopic (exact) mass is 285 g/mol. The molecule has 0 aromatic heterocycles. The van der Waals surface area contributed by atoms with Gasteiger partial charge in [0, 0.05) is 19.5 Å². The lowest BCUT2D eigenvalue weighted by atomic mass is 10.1. The van der Waals surface area contributed by atoms with Crippen LogP contribution in [0.5, 0.6) is 0 Å².